The average molecular weight is 882 g/mol. The Morgan fingerprint density at radius 3 is 1.45 bits per heavy atom. The highest BCUT2D eigenvalue weighted by Gasteiger charge is 2.36. The minimum atomic E-state index is -0.106. The van der Waals surface area contributed by atoms with Crippen molar-refractivity contribution in [3.05, 3.63) is 260 Å². The zero-order valence-corrected chi connectivity index (χ0v) is 38.5. The summed E-state index contributed by atoms with van der Waals surface area (Å²) in [6.07, 6.45) is 0. The molecule has 2 heteroatoms. The van der Waals surface area contributed by atoms with Gasteiger partial charge in [0.05, 0.1) is 0 Å². The Balaban J connectivity index is 0.845. The van der Waals surface area contributed by atoms with Gasteiger partial charge >= 0.3 is 0 Å². The van der Waals surface area contributed by atoms with Crippen molar-refractivity contribution in [1.29, 1.82) is 0 Å². The van der Waals surface area contributed by atoms with Gasteiger partial charge in [-0.1, -0.05) is 196 Å². The van der Waals surface area contributed by atoms with Gasteiger partial charge in [-0.3, -0.25) is 0 Å². The normalized spacial score (nSPS) is 12.7. The molecule has 0 amide bonds. The van der Waals surface area contributed by atoms with Gasteiger partial charge < -0.3 is 9.64 Å². The minimum Gasteiger partial charge on any atom is -0.456 e. The number of rotatable bonds is 7. The first kappa shape index (κ1) is 40.5. The maximum atomic E-state index is 6.89. The second-order valence-electron chi connectivity index (χ2n) is 18.9. The van der Waals surface area contributed by atoms with Crippen LogP contribution in [0.4, 0.5) is 17.1 Å². The van der Waals surface area contributed by atoms with Gasteiger partial charge in [-0.15, -0.1) is 0 Å². The maximum absolute atomic E-state index is 6.89. The molecule has 1 heterocycles. The average Bonchev–Trinajstić information content (AvgIpc) is 3.54. The predicted molar refractivity (Wildman–Crippen MR) is 289 cm³/mol. The third kappa shape index (κ3) is 6.95. The summed E-state index contributed by atoms with van der Waals surface area (Å²) in [4.78, 5) is 2.39. The zero-order valence-electron chi connectivity index (χ0n) is 38.5. The van der Waals surface area contributed by atoms with E-state index in [-0.39, 0.29) is 5.41 Å². The topological polar surface area (TPSA) is 12.5 Å². The Kier molecular flexibility index (Phi) is 9.55. The number of anilines is 3. The molecule has 0 atom stereocenters. The van der Waals surface area contributed by atoms with E-state index < -0.39 is 0 Å². The van der Waals surface area contributed by atoms with E-state index in [1.54, 1.807) is 0 Å². The molecule has 1 aliphatic carbocycles. The number of fused-ring (bicyclic) bond motifs is 9. The van der Waals surface area contributed by atoms with Gasteiger partial charge in [0.15, 0.2) is 0 Å². The molecule has 11 aromatic carbocycles. The van der Waals surface area contributed by atoms with Gasteiger partial charge in [-0.25, -0.2) is 0 Å². The molecule has 11 aromatic rings. The lowest BCUT2D eigenvalue weighted by Gasteiger charge is -2.28. The second-order valence-corrected chi connectivity index (χ2v) is 18.9. The van der Waals surface area contributed by atoms with Crippen LogP contribution in [0.2, 0.25) is 0 Å². The van der Waals surface area contributed by atoms with Gasteiger partial charge in [0.2, 0.25) is 0 Å². The van der Waals surface area contributed by atoms with Crippen molar-refractivity contribution in [2.45, 2.75) is 19.3 Å². The van der Waals surface area contributed by atoms with Crippen molar-refractivity contribution in [1.82, 2.24) is 0 Å². The smallest absolute Gasteiger partial charge is 0.135 e. The van der Waals surface area contributed by atoms with Crippen LogP contribution in [0.1, 0.15) is 25.0 Å². The largest absolute Gasteiger partial charge is 0.456 e. The van der Waals surface area contributed by atoms with Crippen LogP contribution in [-0.2, 0) is 5.41 Å². The van der Waals surface area contributed by atoms with Gasteiger partial charge in [-0.2, -0.15) is 0 Å². The Bertz CT molecular complexity index is 3740. The summed E-state index contributed by atoms with van der Waals surface area (Å²) in [6, 6.07) is 90.5. The summed E-state index contributed by atoms with van der Waals surface area (Å²) in [5, 5.41) is 2.41. The van der Waals surface area contributed by atoms with Crippen LogP contribution in [0.5, 0.6) is 11.5 Å². The van der Waals surface area contributed by atoms with Crippen molar-refractivity contribution in [3.8, 4) is 89.4 Å². The van der Waals surface area contributed by atoms with Crippen molar-refractivity contribution in [3.63, 3.8) is 0 Å². The van der Waals surface area contributed by atoms with Crippen molar-refractivity contribution >= 4 is 27.8 Å². The monoisotopic (exact) mass is 881 g/mol. The molecule has 0 bridgehead atoms. The molecule has 0 saturated heterocycles. The quantitative estimate of drug-likeness (QED) is 0.158. The van der Waals surface area contributed by atoms with Gasteiger partial charge in [0.1, 0.15) is 11.5 Å². The molecular formula is C67H47NO. The van der Waals surface area contributed by atoms with E-state index in [9.17, 15) is 0 Å². The molecule has 2 nitrogen and oxygen atoms in total. The summed E-state index contributed by atoms with van der Waals surface area (Å²) in [5.41, 5.74) is 22.5. The van der Waals surface area contributed by atoms with E-state index in [1.165, 1.54) is 72.0 Å². The standard InChI is InChI=1S/C67H47NO/c1-67(2)62-22-12-11-20-57(62)58-38-37-55(43-63(58)67)68(53-33-28-46(29-34-53)44-14-5-3-6-15-44)54-35-30-47(31-36-54)45-24-26-48(27-25-45)52-32-39-64-60(41-52)59-40-50-18-9-10-19-51(50)42-61(59)66-56(21-13-23-65(66)69-64)49-16-7-4-8-17-49/h3-43H,1-2H3. The number of nitrogens with zero attached hydrogens (tertiary/aromatic N) is 1. The van der Waals surface area contributed by atoms with E-state index in [2.05, 4.69) is 267 Å². The van der Waals surface area contributed by atoms with E-state index in [0.717, 1.165) is 56.4 Å². The first-order chi connectivity index (χ1) is 33.9. The molecule has 69 heavy (non-hydrogen) atoms. The number of hydrogen-bond acceptors (Lipinski definition) is 2. The van der Waals surface area contributed by atoms with Crippen LogP contribution in [0, 0.1) is 0 Å². The second kappa shape index (κ2) is 16.3. The van der Waals surface area contributed by atoms with E-state index >= 15 is 0 Å². The molecule has 1 aliphatic heterocycles. The molecule has 0 radical (unpaired) electrons. The summed E-state index contributed by atoms with van der Waals surface area (Å²) in [7, 11) is 0. The summed E-state index contributed by atoms with van der Waals surface area (Å²) in [5.74, 6) is 1.71. The fraction of sp³-hybridized carbons (Fsp3) is 0.0448. The number of benzene rings is 11. The third-order valence-corrected chi connectivity index (χ3v) is 14.5. The minimum absolute atomic E-state index is 0.106. The summed E-state index contributed by atoms with van der Waals surface area (Å²) >= 11 is 0. The molecule has 0 unspecified atom stereocenters. The lowest BCUT2D eigenvalue weighted by atomic mass is 9.82. The molecule has 0 N–H and O–H groups in total. The van der Waals surface area contributed by atoms with Gasteiger partial charge in [0.25, 0.3) is 0 Å². The summed E-state index contributed by atoms with van der Waals surface area (Å²) in [6.45, 7) is 4.70. The van der Waals surface area contributed by atoms with Crippen LogP contribution in [0.25, 0.3) is 88.7 Å². The molecule has 2 aliphatic rings. The first-order valence-corrected chi connectivity index (χ1v) is 23.9. The lowest BCUT2D eigenvalue weighted by molar-refractivity contribution is 0.488. The van der Waals surface area contributed by atoms with Gasteiger partial charge in [0, 0.05) is 33.6 Å². The van der Waals surface area contributed by atoms with Crippen LogP contribution in [-0.4, -0.2) is 0 Å². The highest BCUT2D eigenvalue weighted by atomic mass is 16.5. The molecule has 0 spiro atoms. The van der Waals surface area contributed by atoms with Gasteiger partial charge in [-0.05, 0) is 155 Å². The fourth-order valence-electron chi connectivity index (χ4n) is 10.9. The SMILES string of the molecule is CC1(C)c2ccccc2-c2ccc(N(c3ccc(-c4ccccc4)cc3)c3ccc(-c4ccc(-c5ccc6c(c5)-c5cc7ccccc7cc5-c5c(cccc5-c5ccccc5)O6)cc4)cc3)cc21. The molecular weight excluding hydrogens is 835 g/mol. The van der Waals surface area contributed by atoms with Crippen molar-refractivity contribution < 1.29 is 4.74 Å². The van der Waals surface area contributed by atoms with Crippen LogP contribution >= 0.6 is 0 Å². The number of hydrogen-bond donors (Lipinski definition) is 0. The molecule has 0 saturated carbocycles. The zero-order chi connectivity index (χ0) is 46.1. The number of ether oxygens (including phenoxy) is 1. The van der Waals surface area contributed by atoms with Crippen LogP contribution < -0.4 is 9.64 Å². The van der Waals surface area contributed by atoms with Crippen LogP contribution in [0.15, 0.2) is 249 Å². The highest BCUT2D eigenvalue weighted by molar-refractivity contribution is 6.04. The van der Waals surface area contributed by atoms with Crippen LogP contribution in [0.3, 0.4) is 0 Å². The van der Waals surface area contributed by atoms with Crippen molar-refractivity contribution in [2.75, 3.05) is 4.90 Å². The first-order valence-electron chi connectivity index (χ1n) is 23.9. The Morgan fingerprint density at radius 1 is 0.290 bits per heavy atom. The molecule has 326 valence electrons. The van der Waals surface area contributed by atoms with E-state index in [4.69, 9.17) is 4.74 Å². The Hall–Kier alpha value is -8.72. The van der Waals surface area contributed by atoms with E-state index in [1.807, 2.05) is 0 Å². The third-order valence-electron chi connectivity index (χ3n) is 14.5. The molecule has 13 rings (SSSR count). The molecule has 0 aromatic heterocycles. The lowest BCUT2D eigenvalue weighted by Crippen LogP contribution is -2.16. The van der Waals surface area contributed by atoms with Crippen molar-refractivity contribution in [2.24, 2.45) is 0 Å². The predicted octanol–water partition coefficient (Wildman–Crippen LogP) is 18.7. The Morgan fingerprint density at radius 2 is 0.783 bits per heavy atom. The fourth-order valence-corrected chi connectivity index (χ4v) is 10.9. The highest BCUT2D eigenvalue weighted by Crippen LogP contribution is 2.53. The maximum Gasteiger partial charge on any atom is 0.135 e. The summed E-state index contributed by atoms with van der Waals surface area (Å²) < 4.78 is 6.89. The Labute approximate surface area is 404 Å². The molecule has 0 fully saturated rings. The van der Waals surface area contributed by atoms with E-state index in [0.29, 0.717) is 0 Å².